The molecule has 1 heterocycles. The summed E-state index contributed by atoms with van der Waals surface area (Å²) in [5, 5.41) is 7.09. The number of aromatic nitrogens is 3. The van der Waals surface area contributed by atoms with Gasteiger partial charge in [0.05, 0.1) is 11.7 Å². The molecular formula is C10H10Cl2N4O. The summed E-state index contributed by atoms with van der Waals surface area (Å²) in [5.74, 6) is 0.424. The van der Waals surface area contributed by atoms with E-state index in [1.54, 1.807) is 25.1 Å². The van der Waals surface area contributed by atoms with E-state index in [0.717, 1.165) is 0 Å². The number of H-pyrrole nitrogens is 1. The molecule has 1 atom stereocenters. The first kappa shape index (κ1) is 12.2. The summed E-state index contributed by atoms with van der Waals surface area (Å²) < 4.78 is 1.35. The van der Waals surface area contributed by atoms with Crippen LogP contribution in [-0.2, 0) is 0 Å². The Labute approximate surface area is 107 Å². The van der Waals surface area contributed by atoms with Crippen molar-refractivity contribution in [2.75, 3.05) is 0 Å². The summed E-state index contributed by atoms with van der Waals surface area (Å²) in [6.07, 6.45) is 0. The van der Waals surface area contributed by atoms with Gasteiger partial charge in [0.15, 0.2) is 5.82 Å². The molecule has 1 aromatic heterocycles. The van der Waals surface area contributed by atoms with Crippen LogP contribution in [0.15, 0.2) is 23.0 Å². The largest absolute Gasteiger partial charge is 0.347 e. The molecular weight excluding hydrogens is 263 g/mol. The second-order valence-electron chi connectivity index (χ2n) is 3.64. The molecule has 0 radical (unpaired) electrons. The maximum absolute atomic E-state index is 11.7. The van der Waals surface area contributed by atoms with E-state index in [4.69, 9.17) is 28.9 Å². The van der Waals surface area contributed by atoms with Crippen LogP contribution in [0.3, 0.4) is 0 Å². The molecule has 2 rings (SSSR count). The monoisotopic (exact) mass is 272 g/mol. The van der Waals surface area contributed by atoms with Crippen LogP contribution >= 0.6 is 23.2 Å². The van der Waals surface area contributed by atoms with Crippen LogP contribution in [-0.4, -0.2) is 14.8 Å². The highest BCUT2D eigenvalue weighted by atomic mass is 35.5. The smallest absolute Gasteiger partial charge is 0.322 e. The van der Waals surface area contributed by atoms with Gasteiger partial charge in [-0.15, -0.1) is 0 Å². The Morgan fingerprint density at radius 3 is 2.47 bits per heavy atom. The van der Waals surface area contributed by atoms with E-state index < -0.39 is 0 Å². The number of nitrogens with zero attached hydrogens (tertiary/aromatic N) is 2. The lowest BCUT2D eigenvalue weighted by Gasteiger charge is -2.08. The van der Waals surface area contributed by atoms with Gasteiger partial charge in [-0.1, -0.05) is 23.2 Å². The third kappa shape index (κ3) is 2.36. The van der Waals surface area contributed by atoms with Crippen molar-refractivity contribution in [2.45, 2.75) is 13.0 Å². The quantitative estimate of drug-likeness (QED) is 0.877. The lowest BCUT2D eigenvalue weighted by molar-refractivity contribution is 0.712. The van der Waals surface area contributed by atoms with Crippen molar-refractivity contribution in [1.29, 1.82) is 0 Å². The van der Waals surface area contributed by atoms with Crippen LogP contribution in [0.2, 0.25) is 10.0 Å². The maximum Gasteiger partial charge on any atom is 0.347 e. The van der Waals surface area contributed by atoms with E-state index >= 15 is 0 Å². The lowest BCUT2D eigenvalue weighted by Crippen LogP contribution is -2.20. The van der Waals surface area contributed by atoms with E-state index in [-0.39, 0.29) is 11.7 Å². The molecule has 0 spiro atoms. The molecule has 0 aliphatic heterocycles. The van der Waals surface area contributed by atoms with Gasteiger partial charge in [0.1, 0.15) is 0 Å². The van der Waals surface area contributed by atoms with Gasteiger partial charge in [-0.2, -0.15) is 5.10 Å². The number of nitrogens with two attached hydrogens (primary N) is 1. The number of benzene rings is 1. The first-order chi connectivity index (χ1) is 7.99. The van der Waals surface area contributed by atoms with Gasteiger partial charge in [0.25, 0.3) is 0 Å². The average molecular weight is 273 g/mol. The predicted molar refractivity (Wildman–Crippen MR) is 66.8 cm³/mol. The minimum absolute atomic E-state index is 0.379. The normalized spacial score (nSPS) is 12.7. The summed E-state index contributed by atoms with van der Waals surface area (Å²) in [5.41, 5.74) is 5.89. The molecule has 0 fully saturated rings. The average Bonchev–Trinajstić information content (AvgIpc) is 2.58. The standard InChI is InChI=1S/C10H10Cl2N4O/c1-5(13)9-14-15-10(17)16(9)8-3-6(11)2-7(12)4-8/h2-5H,13H2,1H3,(H,15,17). The summed E-state index contributed by atoms with van der Waals surface area (Å²) in [6, 6.07) is 4.45. The Balaban J connectivity index is 2.67. The molecule has 7 heteroatoms. The molecule has 0 saturated carbocycles. The Morgan fingerprint density at radius 1 is 1.35 bits per heavy atom. The minimum Gasteiger partial charge on any atom is -0.322 e. The van der Waals surface area contributed by atoms with Crippen LogP contribution in [0.1, 0.15) is 18.8 Å². The summed E-state index contributed by atoms with van der Waals surface area (Å²) in [6.45, 7) is 1.73. The fraction of sp³-hybridized carbons (Fsp3) is 0.200. The number of aromatic amines is 1. The molecule has 0 aliphatic rings. The maximum atomic E-state index is 11.7. The molecule has 0 amide bonds. The molecule has 3 N–H and O–H groups in total. The fourth-order valence-electron chi connectivity index (χ4n) is 1.53. The van der Waals surface area contributed by atoms with E-state index in [1.807, 2.05) is 0 Å². The Hall–Kier alpha value is -1.30. The van der Waals surface area contributed by atoms with Crippen LogP contribution in [0.4, 0.5) is 0 Å². The van der Waals surface area contributed by atoms with Gasteiger partial charge < -0.3 is 5.73 Å². The third-order valence-corrected chi connectivity index (χ3v) is 2.65. The Kier molecular flexibility index (Phi) is 3.24. The fourth-order valence-corrected chi connectivity index (χ4v) is 2.05. The van der Waals surface area contributed by atoms with E-state index in [9.17, 15) is 4.79 Å². The van der Waals surface area contributed by atoms with E-state index in [2.05, 4.69) is 10.2 Å². The van der Waals surface area contributed by atoms with Gasteiger partial charge in [-0.25, -0.2) is 14.5 Å². The van der Waals surface area contributed by atoms with Crippen molar-refractivity contribution in [1.82, 2.24) is 14.8 Å². The van der Waals surface area contributed by atoms with Crippen LogP contribution in [0.5, 0.6) is 0 Å². The zero-order valence-corrected chi connectivity index (χ0v) is 10.5. The van der Waals surface area contributed by atoms with Gasteiger partial charge in [0.2, 0.25) is 0 Å². The highest BCUT2D eigenvalue weighted by molar-refractivity contribution is 6.34. The van der Waals surface area contributed by atoms with Gasteiger partial charge >= 0.3 is 5.69 Å². The molecule has 2 aromatic rings. The molecule has 1 aromatic carbocycles. The van der Waals surface area contributed by atoms with Gasteiger partial charge in [-0.05, 0) is 25.1 Å². The lowest BCUT2D eigenvalue weighted by atomic mass is 10.3. The number of nitrogens with one attached hydrogen (secondary N) is 1. The summed E-state index contributed by atoms with van der Waals surface area (Å²) >= 11 is 11.8. The van der Waals surface area contributed by atoms with Crippen molar-refractivity contribution in [2.24, 2.45) is 5.73 Å². The SMILES string of the molecule is CC(N)c1n[nH]c(=O)n1-c1cc(Cl)cc(Cl)c1. The number of hydrogen-bond donors (Lipinski definition) is 2. The third-order valence-electron chi connectivity index (χ3n) is 2.21. The zero-order chi connectivity index (χ0) is 12.6. The van der Waals surface area contributed by atoms with Crippen LogP contribution in [0, 0.1) is 0 Å². The second-order valence-corrected chi connectivity index (χ2v) is 4.51. The highest BCUT2D eigenvalue weighted by Crippen LogP contribution is 2.22. The number of hydrogen-bond acceptors (Lipinski definition) is 3. The Morgan fingerprint density at radius 2 is 1.94 bits per heavy atom. The molecule has 0 bridgehead atoms. The second kappa shape index (κ2) is 4.52. The molecule has 90 valence electrons. The highest BCUT2D eigenvalue weighted by Gasteiger charge is 2.14. The van der Waals surface area contributed by atoms with E-state index in [1.165, 1.54) is 4.57 Å². The zero-order valence-electron chi connectivity index (χ0n) is 8.95. The van der Waals surface area contributed by atoms with Crippen LogP contribution < -0.4 is 11.4 Å². The van der Waals surface area contributed by atoms with Gasteiger partial charge in [-0.3, -0.25) is 0 Å². The topological polar surface area (TPSA) is 76.7 Å². The van der Waals surface area contributed by atoms with Gasteiger partial charge in [0, 0.05) is 10.0 Å². The van der Waals surface area contributed by atoms with Crippen molar-refractivity contribution in [3.8, 4) is 5.69 Å². The first-order valence-corrected chi connectivity index (χ1v) is 5.64. The number of halogens is 2. The molecule has 5 nitrogen and oxygen atoms in total. The van der Waals surface area contributed by atoms with Crippen molar-refractivity contribution in [3.63, 3.8) is 0 Å². The molecule has 17 heavy (non-hydrogen) atoms. The summed E-state index contributed by atoms with van der Waals surface area (Å²) in [7, 11) is 0. The van der Waals surface area contributed by atoms with Crippen molar-refractivity contribution >= 4 is 23.2 Å². The predicted octanol–water partition coefficient (Wildman–Crippen LogP) is 1.89. The Bertz CT molecular complexity index is 582. The van der Waals surface area contributed by atoms with E-state index in [0.29, 0.717) is 21.6 Å². The molecule has 1 unspecified atom stereocenters. The van der Waals surface area contributed by atoms with Crippen LogP contribution in [0.25, 0.3) is 5.69 Å². The number of rotatable bonds is 2. The first-order valence-electron chi connectivity index (χ1n) is 4.88. The summed E-state index contributed by atoms with van der Waals surface area (Å²) in [4.78, 5) is 11.7. The molecule has 0 saturated heterocycles. The van der Waals surface area contributed by atoms with Crippen molar-refractivity contribution < 1.29 is 0 Å². The minimum atomic E-state index is -0.383. The molecule has 0 aliphatic carbocycles. The van der Waals surface area contributed by atoms with Crippen molar-refractivity contribution in [3.05, 3.63) is 44.6 Å².